The molecule has 0 bridgehead atoms. The second-order valence-corrected chi connectivity index (χ2v) is 7.45. The summed E-state index contributed by atoms with van der Waals surface area (Å²) < 4.78 is 29.2. The molecule has 3 aromatic rings. The van der Waals surface area contributed by atoms with E-state index in [1.807, 2.05) is 30.3 Å². The average Bonchev–Trinajstić information content (AvgIpc) is 3.01. The van der Waals surface area contributed by atoms with E-state index >= 15 is 0 Å². The molecule has 1 fully saturated rings. The fourth-order valence-electron chi connectivity index (χ4n) is 3.40. The summed E-state index contributed by atoms with van der Waals surface area (Å²) in [6.45, 7) is -2.69. The molecule has 1 aliphatic rings. The number of halogens is 2. The van der Waals surface area contributed by atoms with E-state index in [2.05, 4.69) is 14.7 Å². The maximum absolute atomic E-state index is 13.3. The van der Waals surface area contributed by atoms with E-state index in [-0.39, 0.29) is 23.9 Å². The van der Waals surface area contributed by atoms with Crippen molar-refractivity contribution in [3.63, 3.8) is 0 Å². The molecule has 0 saturated carbocycles. The Morgan fingerprint density at radius 3 is 2.44 bits per heavy atom. The van der Waals surface area contributed by atoms with Gasteiger partial charge in [0.15, 0.2) is 0 Å². The van der Waals surface area contributed by atoms with E-state index in [4.69, 9.17) is 18.0 Å². The summed E-state index contributed by atoms with van der Waals surface area (Å²) in [5.41, 5.74) is 7.94. The Bertz CT molecular complexity index is 1150. The van der Waals surface area contributed by atoms with Gasteiger partial charge in [0.2, 0.25) is 0 Å². The first-order valence-corrected chi connectivity index (χ1v) is 10.1. The van der Waals surface area contributed by atoms with Crippen LogP contribution in [0.5, 0.6) is 5.75 Å². The highest BCUT2D eigenvalue weighted by atomic mass is 32.1. The highest BCUT2D eigenvalue weighted by Crippen LogP contribution is 2.32. The highest BCUT2D eigenvalue weighted by molar-refractivity contribution is 7.80. The van der Waals surface area contributed by atoms with Gasteiger partial charge in [-0.2, -0.15) is 8.78 Å². The van der Waals surface area contributed by atoms with Crippen molar-refractivity contribution in [2.24, 2.45) is 4.99 Å². The molecule has 2 aromatic carbocycles. The lowest BCUT2D eigenvalue weighted by Crippen LogP contribution is -2.29. The highest BCUT2D eigenvalue weighted by Gasteiger charge is 2.42. The number of alkyl halides is 2. The molecule has 1 aliphatic heterocycles. The number of nitrogens with two attached hydrogens (primary N) is 1. The summed E-state index contributed by atoms with van der Waals surface area (Å²) in [5, 5.41) is 0. The van der Waals surface area contributed by atoms with Crippen molar-refractivity contribution < 1.29 is 18.3 Å². The smallest absolute Gasteiger partial charge is 0.387 e. The van der Waals surface area contributed by atoms with Crippen molar-refractivity contribution >= 4 is 40.3 Å². The molecule has 4 rings (SSSR count). The number of likely N-dealkylation sites (tertiary alicyclic amines) is 1. The lowest BCUT2D eigenvalue weighted by atomic mass is 9.96. The van der Waals surface area contributed by atoms with Crippen LogP contribution in [0.3, 0.4) is 0 Å². The molecular formula is C23H18F2N4O2S. The van der Waals surface area contributed by atoms with Crippen LogP contribution in [0.4, 0.5) is 20.3 Å². The lowest BCUT2D eigenvalue weighted by Gasteiger charge is -2.17. The largest absolute Gasteiger partial charge is 0.435 e. The van der Waals surface area contributed by atoms with Gasteiger partial charge in [-0.25, -0.2) is 9.98 Å². The van der Waals surface area contributed by atoms with Gasteiger partial charge >= 0.3 is 6.61 Å². The number of thiocarbonyl (C=S) groups is 1. The molecule has 1 aromatic heterocycles. The second-order valence-electron chi connectivity index (χ2n) is 7.03. The van der Waals surface area contributed by atoms with Gasteiger partial charge in [0.1, 0.15) is 17.3 Å². The minimum absolute atomic E-state index is 0.00862. The van der Waals surface area contributed by atoms with E-state index in [0.717, 1.165) is 11.1 Å². The van der Waals surface area contributed by atoms with E-state index in [9.17, 15) is 13.6 Å². The number of benzene rings is 2. The van der Waals surface area contributed by atoms with Crippen molar-refractivity contribution in [3.05, 3.63) is 84.1 Å². The summed E-state index contributed by atoms with van der Waals surface area (Å²) in [4.78, 5) is 23.8. The Labute approximate surface area is 188 Å². The zero-order valence-electron chi connectivity index (χ0n) is 16.7. The first kappa shape index (κ1) is 21.5. The fourth-order valence-corrected chi connectivity index (χ4v) is 3.79. The van der Waals surface area contributed by atoms with Crippen LogP contribution in [0.25, 0.3) is 0 Å². The number of nitrogens with zero attached hydrogens (tertiary/aromatic N) is 3. The Hall–Kier alpha value is -3.72. The first-order chi connectivity index (χ1) is 15.4. The van der Waals surface area contributed by atoms with Gasteiger partial charge < -0.3 is 10.5 Å². The lowest BCUT2D eigenvalue weighted by molar-refractivity contribution is -0.120. The molecule has 9 heteroatoms. The third-order valence-electron chi connectivity index (χ3n) is 4.88. The molecule has 1 saturated heterocycles. The third kappa shape index (κ3) is 4.62. The molecule has 1 unspecified atom stereocenters. The van der Waals surface area contributed by atoms with E-state index in [1.54, 1.807) is 18.3 Å². The molecule has 0 aliphatic carbocycles. The van der Waals surface area contributed by atoms with Crippen molar-refractivity contribution in [1.29, 1.82) is 0 Å². The summed E-state index contributed by atoms with van der Waals surface area (Å²) >= 11 is 5.68. The second kappa shape index (κ2) is 9.19. The number of amides is 1. The predicted octanol–water partition coefficient (Wildman–Crippen LogP) is 4.49. The summed E-state index contributed by atoms with van der Waals surface area (Å²) in [7, 11) is 0. The summed E-state index contributed by atoms with van der Waals surface area (Å²) in [5.74, 6) is -0.451. The normalized spacial score (nSPS) is 17.4. The van der Waals surface area contributed by atoms with Crippen LogP contribution in [-0.2, 0) is 11.3 Å². The molecule has 32 heavy (non-hydrogen) atoms. The predicted molar refractivity (Wildman–Crippen MR) is 121 cm³/mol. The number of carbonyl (C=O) groups is 1. The zero-order valence-corrected chi connectivity index (χ0v) is 17.5. The molecule has 0 spiro atoms. The molecular weight excluding hydrogens is 434 g/mol. The number of hydrogen-bond donors (Lipinski definition) is 1. The Morgan fingerprint density at radius 2 is 1.81 bits per heavy atom. The van der Waals surface area contributed by atoms with Crippen LogP contribution >= 0.6 is 12.2 Å². The quantitative estimate of drug-likeness (QED) is 0.558. The standard InChI is InChI=1S/C23H18F2N4O2S/c24-23(25)31-17-9-7-16(8-10-17)28-20-19(15-4-2-1-3-5-15)22(32)29(21(20)30)13-14-6-11-18(26)27-12-14/h1-12,19,23H,13H2,(H2,26,27). The number of pyridine rings is 1. The minimum Gasteiger partial charge on any atom is -0.435 e. The molecule has 6 nitrogen and oxygen atoms in total. The number of hydrogen-bond acceptors (Lipinski definition) is 6. The van der Waals surface area contributed by atoms with Crippen LogP contribution in [0, 0.1) is 0 Å². The number of nitrogen functional groups attached to an aromatic ring is 1. The van der Waals surface area contributed by atoms with Gasteiger partial charge in [0, 0.05) is 6.20 Å². The molecule has 1 atom stereocenters. The number of aliphatic imine (C=N–C) groups is 1. The third-order valence-corrected chi connectivity index (χ3v) is 5.34. The first-order valence-electron chi connectivity index (χ1n) is 9.67. The Balaban J connectivity index is 1.69. The van der Waals surface area contributed by atoms with Crippen LogP contribution in [0.2, 0.25) is 0 Å². The van der Waals surface area contributed by atoms with Crippen molar-refractivity contribution in [3.8, 4) is 5.75 Å². The number of rotatable bonds is 6. The summed E-state index contributed by atoms with van der Waals surface area (Å²) in [6.07, 6.45) is 1.60. The van der Waals surface area contributed by atoms with E-state index < -0.39 is 12.5 Å². The Morgan fingerprint density at radius 1 is 1.09 bits per heavy atom. The van der Waals surface area contributed by atoms with E-state index in [0.29, 0.717) is 16.5 Å². The topological polar surface area (TPSA) is 80.8 Å². The zero-order chi connectivity index (χ0) is 22.7. The number of carbonyl (C=O) groups excluding carboxylic acids is 1. The van der Waals surface area contributed by atoms with Crippen LogP contribution < -0.4 is 10.5 Å². The molecule has 2 heterocycles. The van der Waals surface area contributed by atoms with Crippen molar-refractivity contribution in [2.75, 3.05) is 5.73 Å². The summed E-state index contributed by atoms with van der Waals surface area (Å²) in [6, 6.07) is 18.6. The maximum Gasteiger partial charge on any atom is 0.387 e. The molecule has 162 valence electrons. The number of aromatic nitrogens is 1. The minimum atomic E-state index is -2.92. The van der Waals surface area contributed by atoms with Crippen LogP contribution in [0.15, 0.2) is 77.9 Å². The maximum atomic E-state index is 13.3. The monoisotopic (exact) mass is 452 g/mol. The van der Waals surface area contributed by atoms with Gasteiger partial charge in [-0.1, -0.05) is 48.6 Å². The Kier molecular flexibility index (Phi) is 6.18. The number of anilines is 1. The molecule has 0 radical (unpaired) electrons. The van der Waals surface area contributed by atoms with Crippen LogP contribution in [0.1, 0.15) is 17.0 Å². The molecule has 1 amide bonds. The fraction of sp³-hybridized carbons (Fsp3) is 0.130. The van der Waals surface area contributed by atoms with Crippen molar-refractivity contribution in [1.82, 2.24) is 9.88 Å². The SMILES string of the molecule is Nc1ccc(CN2C(=O)C(=Nc3ccc(OC(F)F)cc3)C(c3ccccc3)C2=S)cn1. The van der Waals surface area contributed by atoms with Gasteiger partial charge in [0.25, 0.3) is 5.91 Å². The van der Waals surface area contributed by atoms with Gasteiger partial charge in [-0.15, -0.1) is 0 Å². The average molecular weight is 452 g/mol. The van der Waals surface area contributed by atoms with E-state index in [1.165, 1.54) is 29.2 Å². The van der Waals surface area contributed by atoms with Gasteiger partial charge in [0.05, 0.1) is 23.1 Å². The van der Waals surface area contributed by atoms with Crippen molar-refractivity contribution in [2.45, 2.75) is 19.1 Å². The van der Waals surface area contributed by atoms with Gasteiger partial charge in [-0.05, 0) is 41.5 Å². The molecule has 2 N–H and O–H groups in total. The van der Waals surface area contributed by atoms with Crippen LogP contribution in [-0.4, -0.2) is 33.1 Å². The van der Waals surface area contributed by atoms with Gasteiger partial charge in [-0.3, -0.25) is 9.69 Å². The number of ether oxygens (including phenoxy) is 1.